The number of aryl methyl sites for hydroxylation is 2. The van der Waals surface area contributed by atoms with E-state index in [-0.39, 0.29) is 11.9 Å². The van der Waals surface area contributed by atoms with Crippen LogP contribution in [-0.4, -0.2) is 42.0 Å². The minimum absolute atomic E-state index is 0.0273. The van der Waals surface area contributed by atoms with Crippen LogP contribution in [0.1, 0.15) is 22.7 Å². The van der Waals surface area contributed by atoms with Gasteiger partial charge in [-0.3, -0.25) is 14.7 Å². The maximum atomic E-state index is 12.5. The van der Waals surface area contributed by atoms with Crippen molar-refractivity contribution in [1.29, 1.82) is 0 Å². The van der Waals surface area contributed by atoms with Crippen molar-refractivity contribution in [3.63, 3.8) is 0 Å². The lowest BCUT2D eigenvalue weighted by Gasteiger charge is -2.35. The molecule has 1 unspecified atom stereocenters. The van der Waals surface area contributed by atoms with Gasteiger partial charge in [-0.25, -0.2) is 0 Å². The second kappa shape index (κ2) is 7.55. The first-order valence-corrected chi connectivity index (χ1v) is 8.35. The van der Waals surface area contributed by atoms with Crippen molar-refractivity contribution in [2.45, 2.75) is 19.9 Å². The maximum absolute atomic E-state index is 12.5. The first-order valence-electron chi connectivity index (χ1n) is 8.35. The zero-order valence-corrected chi connectivity index (χ0v) is 14.2. The molecule has 1 atom stereocenters. The number of hydrogen-bond acceptors (Lipinski definition) is 4. The van der Waals surface area contributed by atoms with Gasteiger partial charge >= 0.3 is 0 Å². The van der Waals surface area contributed by atoms with Crippen LogP contribution in [0.4, 0.5) is 5.69 Å². The van der Waals surface area contributed by atoms with Crippen molar-refractivity contribution >= 4 is 11.6 Å². The molecule has 2 N–H and O–H groups in total. The predicted molar refractivity (Wildman–Crippen MR) is 96.0 cm³/mol. The Bertz CT molecular complexity index is 702. The lowest BCUT2D eigenvalue weighted by atomic mass is 10.1. The topological polar surface area (TPSA) is 57.3 Å². The van der Waals surface area contributed by atoms with Crippen LogP contribution in [0.3, 0.4) is 0 Å². The molecule has 1 amide bonds. The summed E-state index contributed by atoms with van der Waals surface area (Å²) in [5.41, 5.74) is 4.27. The van der Waals surface area contributed by atoms with Gasteiger partial charge in [0.15, 0.2) is 0 Å². The van der Waals surface area contributed by atoms with Crippen LogP contribution in [0, 0.1) is 13.8 Å². The third-order valence-corrected chi connectivity index (χ3v) is 4.44. The summed E-state index contributed by atoms with van der Waals surface area (Å²) in [6, 6.07) is 10.3. The molecule has 1 aliphatic rings. The third-order valence-electron chi connectivity index (χ3n) is 4.44. The van der Waals surface area contributed by atoms with E-state index in [0.717, 1.165) is 42.0 Å². The van der Waals surface area contributed by atoms with Crippen molar-refractivity contribution in [3.05, 3.63) is 59.4 Å². The maximum Gasteiger partial charge on any atom is 0.238 e. The minimum Gasteiger partial charge on any atom is -0.325 e. The van der Waals surface area contributed by atoms with E-state index < -0.39 is 0 Å². The summed E-state index contributed by atoms with van der Waals surface area (Å²) in [6.45, 7) is 7.01. The molecule has 1 aromatic heterocycles. The Morgan fingerprint density at radius 1 is 1.38 bits per heavy atom. The van der Waals surface area contributed by atoms with Crippen molar-refractivity contribution in [2.75, 3.05) is 31.5 Å². The number of hydrogen-bond donors (Lipinski definition) is 2. The van der Waals surface area contributed by atoms with Gasteiger partial charge in [0.05, 0.1) is 6.54 Å². The van der Waals surface area contributed by atoms with Gasteiger partial charge in [-0.15, -0.1) is 0 Å². The molecule has 1 fully saturated rings. The number of aromatic nitrogens is 1. The number of nitrogens with zero attached hydrogens (tertiary/aromatic N) is 2. The van der Waals surface area contributed by atoms with Gasteiger partial charge in [-0.2, -0.15) is 0 Å². The number of amides is 1. The molecule has 0 spiro atoms. The van der Waals surface area contributed by atoms with Crippen LogP contribution in [0.25, 0.3) is 0 Å². The van der Waals surface area contributed by atoms with Crippen LogP contribution < -0.4 is 10.6 Å². The van der Waals surface area contributed by atoms with E-state index in [0.29, 0.717) is 6.54 Å². The Hall–Kier alpha value is -2.24. The number of anilines is 1. The second-order valence-electron chi connectivity index (χ2n) is 6.34. The molecule has 1 saturated heterocycles. The van der Waals surface area contributed by atoms with Gasteiger partial charge in [0.25, 0.3) is 0 Å². The Morgan fingerprint density at radius 3 is 3.04 bits per heavy atom. The van der Waals surface area contributed by atoms with Gasteiger partial charge in [0.2, 0.25) is 5.91 Å². The summed E-state index contributed by atoms with van der Waals surface area (Å²) in [5.74, 6) is 0.0273. The van der Waals surface area contributed by atoms with E-state index in [1.54, 1.807) is 6.20 Å². The fraction of sp³-hybridized carbons (Fsp3) is 0.368. The molecule has 2 aromatic rings. The van der Waals surface area contributed by atoms with Gasteiger partial charge in [0.1, 0.15) is 0 Å². The molecule has 126 valence electrons. The summed E-state index contributed by atoms with van der Waals surface area (Å²) in [6.07, 6.45) is 3.66. The average Bonchev–Trinajstić information content (AvgIpc) is 2.59. The lowest BCUT2D eigenvalue weighted by molar-refractivity contribution is -0.118. The highest BCUT2D eigenvalue weighted by Crippen LogP contribution is 2.22. The minimum atomic E-state index is 0.0273. The standard InChI is InChI=1S/C19H24N4O/c1-14-5-6-15(2)17(10-14)22-19(24)13-23-9-8-21-12-18(23)16-4-3-7-20-11-16/h3-7,10-11,18,21H,8-9,12-13H2,1-2H3,(H,22,24). The number of benzene rings is 1. The lowest BCUT2D eigenvalue weighted by Crippen LogP contribution is -2.48. The highest BCUT2D eigenvalue weighted by molar-refractivity contribution is 5.93. The number of piperazine rings is 1. The summed E-state index contributed by atoms with van der Waals surface area (Å²) in [4.78, 5) is 19.0. The van der Waals surface area contributed by atoms with Crippen LogP contribution in [0.15, 0.2) is 42.7 Å². The van der Waals surface area contributed by atoms with E-state index in [9.17, 15) is 4.79 Å². The Labute approximate surface area is 143 Å². The molecule has 24 heavy (non-hydrogen) atoms. The van der Waals surface area contributed by atoms with Crippen LogP contribution in [0.5, 0.6) is 0 Å². The molecule has 1 aliphatic heterocycles. The third kappa shape index (κ3) is 3.99. The predicted octanol–water partition coefficient (Wildman–Crippen LogP) is 2.28. The zero-order chi connectivity index (χ0) is 16.9. The molecule has 5 heteroatoms. The molecule has 2 heterocycles. The summed E-state index contributed by atoms with van der Waals surface area (Å²) >= 11 is 0. The van der Waals surface area contributed by atoms with Crippen LogP contribution in [-0.2, 0) is 4.79 Å². The molecule has 0 bridgehead atoms. The Morgan fingerprint density at radius 2 is 2.25 bits per heavy atom. The molecular weight excluding hydrogens is 300 g/mol. The summed E-state index contributed by atoms with van der Waals surface area (Å²) < 4.78 is 0. The molecule has 0 aliphatic carbocycles. The average molecular weight is 324 g/mol. The van der Waals surface area contributed by atoms with E-state index in [4.69, 9.17) is 0 Å². The van der Waals surface area contributed by atoms with Crippen molar-refractivity contribution in [3.8, 4) is 0 Å². The van der Waals surface area contributed by atoms with Crippen molar-refractivity contribution in [1.82, 2.24) is 15.2 Å². The smallest absolute Gasteiger partial charge is 0.238 e. The molecule has 1 aromatic carbocycles. The number of carbonyl (C=O) groups is 1. The molecule has 3 rings (SSSR count). The first-order chi connectivity index (χ1) is 11.6. The fourth-order valence-corrected chi connectivity index (χ4v) is 3.08. The van der Waals surface area contributed by atoms with Crippen LogP contribution in [0.2, 0.25) is 0 Å². The van der Waals surface area contributed by atoms with Gasteiger partial charge in [-0.1, -0.05) is 18.2 Å². The first kappa shape index (κ1) is 16.6. The van der Waals surface area contributed by atoms with Gasteiger partial charge in [0, 0.05) is 43.8 Å². The molecule has 0 radical (unpaired) electrons. The molecule has 5 nitrogen and oxygen atoms in total. The second-order valence-corrected chi connectivity index (χ2v) is 6.34. The number of nitrogens with one attached hydrogen (secondary N) is 2. The monoisotopic (exact) mass is 324 g/mol. The Kier molecular flexibility index (Phi) is 5.23. The quantitative estimate of drug-likeness (QED) is 0.906. The molecular formula is C19H24N4O. The van der Waals surface area contributed by atoms with Crippen molar-refractivity contribution in [2.24, 2.45) is 0 Å². The fourth-order valence-electron chi connectivity index (χ4n) is 3.08. The SMILES string of the molecule is Cc1ccc(C)c(NC(=O)CN2CCNCC2c2cccnc2)c1. The normalized spacial score (nSPS) is 18.3. The number of pyridine rings is 1. The summed E-state index contributed by atoms with van der Waals surface area (Å²) in [5, 5.41) is 6.46. The number of carbonyl (C=O) groups excluding carboxylic acids is 1. The summed E-state index contributed by atoms with van der Waals surface area (Å²) in [7, 11) is 0. The zero-order valence-electron chi connectivity index (χ0n) is 14.2. The number of rotatable bonds is 4. The van der Waals surface area contributed by atoms with Gasteiger partial charge in [-0.05, 0) is 42.7 Å². The largest absolute Gasteiger partial charge is 0.325 e. The molecule has 0 saturated carbocycles. The van der Waals surface area contributed by atoms with Crippen LogP contribution >= 0.6 is 0 Å². The van der Waals surface area contributed by atoms with E-state index in [2.05, 4.69) is 32.7 Å². The highest BCUT2D eigenvalue weighted by Gasteiger charge is 2.25. The van der Waals surface area contributed by atoms with Gasteiger partial charge < -0.3 is 10.6 Å². The Balaban J connectivity index is 1.69. The van der Waals surface area contributed by atoms with Crippen molar-refractivity contribution < 1.29 is 4.79 Å². The van der Waals surface area contributed by atoms with E-state index in [1.807, 2.05) is 38.2 Å². The highest BCUT2D eigenvalue weighted by atomic mass is 16.2. The van der Waals surface area contributed by atoms with E-state index in [1.165, 1.54) is 0 Å². The van der Waals surface area contributed by atoms with E-state index >= 15 is 0 Å².